The summed E-state index contributed by atoms with van der Waals surface area (Å²) in [6.07, 6.45) is -0.704. The fraction of sp³-hybridized carbons (Fsp3) is 0.286. The first-order chi connectivity index (χ1) is 14.0. The summed E-state index contributed by atoms with van der Waals surface area (Å²) in [5.41, 5.74) is 7.81. The van der Waals surface area contributed by atoms with Gasteiger partial charge in [0.25, 0.3) is 0 Å². The van der Waals surface area contributed by atoms with E-state index in [2.05, 4.69) is 5.16 Å². The molecule has 1 aliphatic heterocycles. The monoisotopic (exact) mass is 415 g/mol. The number of benzene rings is 2. The molecule has 2 atom stereocenters. The molecule has 2 aromatic carbocycles. The molecule has 1 unspecified atom stereocenters. The molecule has 0 spiro atoms. The van der Waals surface area contributed by atoms with Crippen LogP contribution < -0.4 is 5.73 Å². The molecule has 0 bridgehead atoms. The largest absolute Gasteiger partial charge is 0.444 e. The fourth-order valence-corrected chi connectivity index (χ4v) is 3.11. The van der Waals surface area contributed by atoms with Crippen molar-refractivity contribution in [2.75, 3.05) is 6.54 Å². The first-order valence-corrected chi connectivity index (χ1v) is 9.60. The van der Waals surface area contributed by atoms with Crippen molar-refractivity contribution in [2.45, 2.75) is 31.6 Å². The highest BCUT2D eigenvalue weighted by atomic mass is 35.5. The van der Waals surface area contributed by atoms with E-state index < -0.39 is 24.1 Å². The van der Waals surface area contributed by atoms with Crippen molar-refractivity contribution in [2.24, 2.45) is 10.9 Å². The van der Waals surface area contributed by atoms with Crippen LogP contribution in [0.3, 0.4) is 0 Å². The van der Waals surface area contributed by atoms with Crippen molar-refractivity contribution in [3.8, 4) is 0 Å². The maximum atomic E-state index is 12.9. The summed E-state index contributed by atoms with van der Waals surface area (Å²) in [5.74, 6) is -0.543. The minimum Gasteiger partial charge on any atom is -0.444 e. The van der Waals surface area contributed by atoms with E-state index in [1.54, 1.807) is 0 Å². The van der Waals surface area contributed by atoms with Gasteiger partial charge in [-0.25, -0.2) is 9.69 Å². The van der Waals surface area contributed by atoms with E-state index in [1.165, 1.54) is 0 Å². The summed E-state index contributed by atoms with van der Waals surface area (Å²) >= 11 is 5.84. The number of hydrogen-bond donors (Lipinski definition) is 1. The lowest BCUT2D eigenvalue weighted by Gasteiger charge is -2.25. The molecule has 0 aromatic heterocycles. The third-order valence-electron chi connectivity index (χ3n) is 4.39. The maximum Gasteiger partial charge on any atom is 0.417 e. The second-order valence-electron chi connectivity index (χ2n) is 6.68. The normalized spacial score (nSPS) is 16.5. The van der Waals surface area contributed by atoms with Crippen molar-refractivity contribution in [1.29, 1.82) is 0 Å². The van der Waals surface area contributed by atoms with E-state index in [0.717, 1.165) is 16.0 Å². The van der Waals surface area contributed by atoms with Gasteiger partial charge in [0.15, 0.2) is 6.10 Å². The average molecular weight is 416 g/mol. The second-order valence-corrected chi connectivity index (χ2v) is 7.12. The van der Waals surface area contributed by atoms with Gasteiger partial charge in [0.05, 0.1) is 12.6 Å². The number of nitrogens with two attached hydrogens (primary N) is 1. The van der Waals surface area contributed by atoms with Gasteiger partial charge in [0, 0.05) is 6.42 Å². The van der Waals surface area contributed by atoms with Crippen LogP contribution in [0.2, 0.25) is 0 Å². The van der Waals surface area contributed by atoms with Gasteiger partial charge in [-0.1, -0.05) is 77.4 Å². The molecule has 8 heteroatoms. The van der Waals surface area contributed by atoms with Crippen LogP contribution in [0, 0.1) is 0 Å². The summed E-state index contributed by atoms with van der Waals surface area (Å²) in [4.78, 5) is 31.8. The van der Waals surface area contributed by atoms with Gasteiger partial charge >= 0.3 is 6.09 Å². The lowest BCUT2D eigenvalue weighted by molar-refractivity contribution is -0.132. The first-order valence-electron chi connectivity index (χ1n) is 9.22. The van der Waals surface area contributed by atoms with E-state index in [4.69, 9.17) is 26.9 Å². The molecule has 2 N–H and O–H groups in total. The number of rotatable bonds is 7. The third kappa shape index (κ3) is 6.04. The molecule has 0 saturated carbocycles. The van der Waals surface area contributed by atoms with Gasteiger partial charge < -0.3 is 15.3 Å². The zero-order valence-electron chi connectivity index (χ0n) is 15.7. The van der Waals surface area contributed by atoms with E-state index in [1.807, 2.05) is 60.7 Å². The minimum absolute atomic E-state index is 0.0418. The molecule has 1 heterocycles. The predicted octanol–water partition coefficient (Wildman–Crippen LogP) is 3.06. The highest BCUT2D eigenvalue weighted by molar-refractivity contribution is 6.65. The lowest BCUT2D eigenvalue weighted by atomic mass is 10.1. The highest BCUT2D eigenvalue weighted by Gasteiger charge is 2.33. The van der Waals surface area contributed by atoms with Crippen LogP contribution >= 0.6 is 11.6 Å². The smallest absolute Gasteiger partial charge is 0.417 e. The quantitative estimate of drug-likeness (QED) is 0.749. The fourth-order valence-electron chi connectivity index (χ4n) is 2.90. The van der Waals surface area contributed by atoms with Crippen LogP contribution in [0.4, 0.5) is 4.79 Å². The van der Waals surface area contributed by atoms with Crippen molar-refractivity contribution < 1.29 is 19.2 Å². The molecule has 2 amide bonds. The number of nitrogens with zero attached hydrogens (tertiary/aromatic N) is 2. The van der Waals surface area contributed by atoms with Gasteiger partial charge in [-0.05, 0) is 17.5 Å². The first kappa shape index (κ1) is 20.8. The Morgan fingerprint density at radius 3 is 2.34 bits per heavy atom. The lowest BCUT2D eigenvalue weighted by Crippen LogP contribution is -2.50. The van der Waals surface area contributed by atoms with Crippen LogP contribution in [-0.2, 0) is 27.4 Å². The van der Waals surface area contributed by atoms with Crippen molar-refractivity contribution in [3.05, 3.63) is 71.8 Å². The van der Waals surface area contributed by atoms with Gasteiger partial charge in [-0.2, -0.15) is 0 Å². The Labute approximate surface area is 174 Å². The number of carbonyl (C=O) groups is 2. The Hall–Kier alpha value is -2.90. The molecular formula is C21H22ClN3O4. The Kier molecular flexibility index (Phi) is 7.21. The predicted molar refractivity (Wildman–Crippen MR) is 109 cm³/mol. The molecule has 0 fully saturated rings. The van der Waals surface area contributed by atoms with Crippen LogP contribution in [0.15, 0.2) is 65.8 Å². The molecule has 0 radical (unpaired) electrons. The summed E-state index contributed by atoms with van der Waals surface area (Å²) in [6.45, 7) is -0.00514. The SMILES string of the molecule is N[C@H](Cc1ccccc1)C(=O)N(CC1CC(Cl)=NO1)C(=O)OCc1ccccc1. The van der Waals surface area contributed by atoms with Crippen LogP contribution in [0.25, 0.3) is 0 Å². The molecule has 0 saturated heterocycles. The third-order valence-corrected chi connectivity index (χ3v) is 4.61. The number of oxime groups is 1. The summed E-state index contributed by atoms with van der Waals surface area (Å²) < 4.78 is 5.33. The Bertz CT molecular complexity index is 861. The summed E-state index contributed by atoms with van der Waals surface area (Å²) in [7, 11) is 0. The molecule has 3 rings (SSSR count). The Balaban J connectivity index is 1.67. The standard InChI is InChI=1S/C21H22ClN3O4/c22-19-12-17(29-24-19)13-25(21(27)28-14-16-9-5-2-6-10-16)20(26)18(23)11-15-7-3-1-4-8-15/h1-10,17-18H,11-14,23H2/t17?,18-/m1/s1. The summed E-state index contributed by atoms with van der Waals surface area (Å²) in [5, 5.41) is 3.94. The van der Waals surface area contributed by atoms with Crippen molar-refractivity contribution in [1.82, 2.24) is 4.90 Å². The van der Waals surface area contributed by atoms with Gasteiger partial charge in [-0.15, -0.1) is 0 Å². The van der Waals surface area contributed by atoms with Crippen LogP contribution in [0.1, 0.15) is 17.5 Å². The molecule has 2 aromatic rings. The zero-order valence-corrected chi connectivity index (χ0v) is 16.5. The Morgan fingerprint density at radius 2 is 1.76 bits per heavy atom. The van der Waals surface area contributed by atoms with E-state index in [9.17, 15) is 9.59 Å². The number of carbonyl (C=O) groups excluding carboxylic acids is 2. The molecule has 152 valence electrons. The van der Waals surface area contributed by atoms with E-state index in [-0.39, 0.29) is 18.3 Å². The van der Waals surface area contributed by atoms with Gasteiger partial charge in [0.1, 0.15) is 11.8 Å². The van der Waals surface area contributed by atoms with Crippen molar-refractivity contribution >= 4 is 28.8 Å². The number of ether oxygens (including phenoxy) is 1. The number of halogens is 1. The average Bonchev–Trinajstić information content (AvgIpc) is 3.16. The maximum absolute atomic E-state index is 12.9. The molecule has 7 nitrogen and oxygen atoms in total. The summed E-state index contributed by atoms with van der Waals surface area (Å²) in [6, 6.07) is 17.7. The number of amides is 2. The van der Waals surface area contributed by atoms with Crippen molar-refractivity contribution in [3.63, 3.8) is 0 Å². The van der Waals surface area contributed by atoms with Gasteiger partial charge in [-0.3, -0.25) is 4.79 Å². The van der Waals surface area contributed by atoms with E-state index >= 15 is 0 Å². The number of imide groups is 1. The molecular weight excluding hydrogens is 394 g/mol. The van der Waals surface area contributed by atoms with Gasteiger partial charge in [0.2, 0.25) is 5.91 Å². The van der Waals surface area contributed by atoms with Crippen LogP contribution in [-0.4, -0.2) is 40.8 Å². The number of hydrogen-bond acceptors (Lipinski definition) is 6. The van der Waals surface area contributed by atoms with E-state index in [0.29, 0.717) is 12.8 Å². The zero-order chi connectivity index (χ0) is 20.6. The topological polar surface area (TPSA) is 94.2 Å². The molecule has 0 aliphatic carbocycles. The molecule has 1 aliphatic rings. The minimum atomic E-state index is -0.903. The Morgan fingerprint density at radius 1 is 1.14 bits per heavy atom. The second kappa shape index (κ2) is 10.0. The molecule has 29 heavy (non-hydrogen) atoms. The highest BCUT2D eigenvalue weighted by Crippen LogP contribution is 2.16. The van der Waals surface area contributed by atoms with Crippen LogP contribution in [0.5, 0.6) is 0 Å².